The lowest BCUT2D eigenvalue weighted by Crippen LogP contribution is -2.52. The van der Waals surface area contributed by atoms with E-state index in [1.54, 1.807) is 0 Å². The summed E-state index contributed by atoms with van der Waals surface area (Å²) >= 11 is 0. The van der Waals surface area contributed by atoms with Gasteiger partial charge in [-0.2, -0.15) is 13.2 Å². The molecular weight excluding hydrogens is 439 g/mol. The molecule has 0 unspecified atom stereocenters. The molecule has 0 bridgehead atoms. The van der Waals surface area contributed by atoms with Gasteiger partial charge < -0.3 is 10.6 Å². The SMILES string of the molecule is O=C(CN1CCN(CC(=O)Nc2ccccc2C(F)(F)F)CC1)NC(=O)NC1CCCCC1. The third-order valence-electron chi connectivity index (χ3n) is 5.90. The summed E-state index contributed by atoms with van der Waals surface area (Å²) in [5, 5.41) is 7.54. The van der Waals surface area contributed by atoms with Gasteiger partial charge in [-0.3, -0.25) is 24.7 Å². The Morgan fingerprint density at radius 3 is 2.06 bits per heavy atom. The number of nitrogens with zero attached hydrogens (tertiary/aromatic N) is 2. The molecule has 1 saturated heterocycles. The molecule has 1 aromatic carbocycles. The summed E-state index contributed by atoms with van der Waals surface area (Å²) in [7, 11) is 0. The Kier molecular flexibility index (Phi) is 8.67. The monoisotopic (exact) mass is 469 g/mol. The number of anilines is 1. The van der Waals surface area contributed by atoms with Crippen molar-refractivity contribution in [1.82, 2.24) is 20.4 Å². The summed E-state index contributed by atoms with van der Waals surface area (Å²) in [6.07, 6.45) is 0.639. The minimum absolute atomic E-state index is 0.0456. The first kappa shape index (κ1) is 25.0. The number of para-hydroxylation sites is 1. The highest BCUT2D eigenvalue weighted by Crippen LogP contribution is 2.34. The number of carbonyl (C=O) groups excluding carboxylic acids is 3. The van der Waals surface area contributed by atoms with E-state index in [0.29, 0.717) is 26.2 Å². The second-order valence-corrected chi connectivity index (χ2v) is 8.50. The van der Waals surface area contributed by atoms with Crippen LogP contribution in [0.25, 0.3) is 0 Å². The van der Waals surface area contributed by atoms with Crippen LogP contribution in [0.3, 0.4) is 0 Å². The van der Waals surface area contributed by atoms with Gasteiger partial charge in [0, 0.05) is 32.2 Å². The molecule has 1 heterocycles. The van der Waals surface area contributed by atoms with Gasteiger partial charge >= 0.3 is 12.2 Å². The van der Waals surface area contributed by atoms with Crippen LogP contribution in [0.2, 0.25) is 0 Å². The van der Waals surface area contributed by atoms with Gasteiger partial charge in [-0.1, -0.05) is 31.4 Å². The third-order valence-corrected chi connectivity index (χ3v) is 5.90. The lowest BCUT2D eigenvalue weighted by atomic mass is 9.96. The number of halogens is 3. The topological polar surface area (TPSA) is 93.8 Å². The number of amides is 4. The first-order chi connectivity index (χ1) is 15.7. The highest BCUT2D eigenvalue weighted by molar-refractivity contribution is 5.95. The second-order valence-electron chi connectivity index (χ2n) is 8.50. The zero-order valence-electron chi connectivity index (χ0n) is 18.4. The Morgan fingerprint density at radius 2 is 1.45 bits per heavy atom. The Balaban J connectivity index is 1.37. The van der Waals surface area contributed by atoms with Gasteiger partial charge in [0.1, 0.15) is 0 Å². The van der Waals surface area contributed by atoms with E-state index in [9.17, 15) is 27.6 Å². The number of hydrogen-bond donors (Lipinski definition) is 3. The van der Waals surface area contributed by atoms with Gasteiger partial charge in [-0.15, -0.1) is 0 Å². The molecule has 2 fully saturated rings. The molecule has 11 heteroatoms. The van der Waals surface area contributed by atoms with Gasteiger partial charge in [-0.05, 0) is 25.0 Å². The fraction of sp³-hybridized carbons (Fsp3) is 0.591. The van der Waals surface area contributed by atoms with Gasteiger partial charge in [0.05, 0.1) is 24.3 Å². The molecule has 0 aromatic heterocycles. The van der Waals surface area contributed by atoms with E-state index < -0.39 is 29.6 Å². The molecule has 4 amide bonds. The van der Waals surface area contributed by atoms with E-state index >= 15 is 0 Å². The van der Waals surface area contributed by atoms with E-state index in [1.165, 1.54) is 24.6 Å². The number of rotatable bonds is 6. The standard InChI is InChI=1S/C22H30F3N5O3/c23-22(24,25)17-8-4-5-9-18(17)27-19(31)14-29-10-12-30(13-11-29)15-20(32)28-21(33)26-16-6-2-1-3-7-16/h4-5,8-9,16H,1-3,6-7,10-15H2,(H,27,31)(H2,26,28,32,33). The van der Waals surface area contributed by atoms with E-state index in [-0.39, 0.29) is 24.8 Å². The number of benzene rings is 1. The summed E-state index contributed by atoms with van der Waals surface area (Å²) in [4.78, 5) is 40.1. The number of carbonyl (C=O) groups is 3. The van der Waals surface area contributed by atoms with Gasteiger partial charge in [-0.25, -0.2) is 4.79 Å². The van der Waals surface area contributed by atoms with Crippen LogP contribution in [-0.2, 0) is 15.8 Å². The summed E-state index contributed by atoms with van der Waals surface area (Å²) in [6, 6.07) is 4.50. The molecular formula is C22H30F3N5O3. The molecule has 0 radical (unpaired) electrons. The lowest BCUT2D eigenvalue weighted by Gasteiger charge is -2.33. The molecule has 3 N–H and O–H groups in total. The zero-order chi connectivity index (χ0) is 23.8. The molecule has 0 atom stereocenters. The smallest absolute Gasteiger partial charge is 0.335 e. The van der Waals surface area contributed by atoms with E-state index in [1.807, 2.05) is 9.80 Å². The van der Waals surface area contributed by atoms with E-state index in [0.717, 1.165) is 31.7 Å². The maximum Gasteiger partial charge on any atom is 0.418 e. The van der Waals surface area contributed by atoms with Crippen molar-refractivity contribution in [1.29, 1.82) is 0 Å². The van der Waals surface area contributed by atoms with Crippen LogP contribution in [0.1, 0.15) is 37.7 Å². The Labute approximate surface area is 190 Å². The minimum atomic E-state index is -4.55. The van der Waals surface area contributed by atoms with Crippen molar-refractivity contribution < 1.29 is 27.6 Å². The molecule has 1 aliphatic heterocycles. The highest BCUT2D eigenvalue weighted by Gasteiger charge is 2.33. The number of hydrogen-bond acceptors (Lipinski definition) is 5. The number of alkyl halides is 3. The minimum Gasteiger partial charge on any atom is -0.335 e. The normalized spacial score (nSPS) is 18.5. The molecule has 0 spiro atoms. The Bertz CT molecular complexity index is 835. The quantitative estimate of drug-likeness (QED) is 0.595. The van der Waals surface area contributed by atoms with Crippen LogP contribution >= 0.6 is 0 Å². The fourth-order valence-corrected chi connectivity index (χ4v) is 4.18. The fourth-order valence-electron chi connectivity index (χ4n) is 4.18. The van der Waals surface area contributed by atoms with Gasteiger partial charge in [0.2, 0.25) is 11.8 Å². The van der Waals surface area contributed by atoms with Crippen molar-refractivity contribution in [3.8, 4) is 0 Å². The van der Waals surface area contributed by atoms with Crippen molar-refractivity contribution in [3.05, 3.63) is 29.8 Å². The van der Waals surface area contributed by atoms with E-state index in [4.69, 9.17) is 0 Å². The van der Waals surface area contributed by atoms with Gasteiger partial charge in [0.15, 0.2) is 0 Å². The molecule has 182 valence electrons. The molecule has 33 heavy (non-hydrogen) atoms. The van der Waals surface area contributed by atoms with Crippen molar-refractivity contribution in [3.63, 3.8) is 0 Å². The predicted molar refractivity (Wildman–Crippen MR) is 117 cm³/mol. The molecule has 3 rings (SSSR count). The van der Waals surface area contributed by atoms with Crippen LogP contribution in [0, 0.1) is 0 Å². The van der Waals surface area contributed by atoms with Crippen LogP contribution in [0.4, 0.5) is 23.7 Å². The van der Waals surface area contributed by atoms with Crippen LogP contribution < -0.4 is 16.0 Å². The van der Waals surface area contributed by atoms with Crippen molar-refractivity contribution in [2.24, 2.45) is 0 Å². The molecule has 8 nitrogen and oxygen atoms in total. The summed E-state index contributed by atoms with van der Waals surface area (Å²) in [6.45, 7) is 1.99. The molecule has 1 aliphatic carbocycles. The summed E-state index contributed by atoms with van der Waals surface area (Å²) < 4.78 is 39.2. The average molecular weight is 470 g/mol. The summed E-state index contributed by atoms with van der Waals surface area (Å²) in [5.74, 6) is -0.921. The van der Waals surface area contributed by atoms with Crippen molar-refractivity contribution in [2.75, 3.05) is 44.6 Å². The second kappa shape index (κ2) is 11.5. The van der Waals surface area contributed by atoms with Crippen LogP contribution in [0.5, 0.6) is 0 Å². The van der Waals surface area contributed by atoms with Crippen LogP contribution in [-0.4, -0.2) is 73.0 Å². The molecule has 1 saturated carbocycles. The number of piperazine rings is 1. The number of urea groups is 1. The zero-order valence-corrected chi connectivity index (χ0v) is 18.4. The number of imide groups is 1. The van der Waals surface area contributed by atoms with Crippen LogP contribution in [0.15, 0.2) is 24.3 Å². The van der Waals surface area contributed by atoms with Crippen molar-refractivity contribution in [2.45, 2.75) is 44.3 Å². The largest absolute Gasteiger partial charge is 0.418 e. The molecule has 1 aromatic rings. The Morgan fingerprint density at radius 1 is 0.879 bits per heavy atom. The first-order valence-electron chi connectivity index (χ1n) is 11.2. The Hall–Kier alpha value is -2.66. The number of nitrogens with one attached hydrogen (secondary N) is 3. The average Bonchev–Trinajstić information content (AvgIpc) is 2.75. The summed E-state index contributed by atoms with van der Waals surface area (Å²) in [5.41, 5.74) is -1.15. The maximum absolute atomic E-state index is 13.1. The maximum atomic E-state index is 13.1. The highest BCUT2D eigenvalue weighted by atomic mass is 19.4. The molecule has 2 aliphatic rings. The lowest BCUT2D eigenvalue weighted by molar-refractivity contribution is -0.137. The van der Waals surface area contributed by atoms with Crippen molar-refractivity contribution >= 4 is 23.5 Å². The van der Waals surface area contributed by atoms with Gasteiger partial charge in [0.25, 0.3) is 0 Å². The third kappa shape index (κ3) is 8.01. The first-order valence-corrected chi connectivity index (χ1v) is 11.2. The predicted octanol–water partition coefficient (Wildman–Crippen LogP) is 2.42. The van der Waals surface area contributed by atoms with E-state index in [2.05, 4.69) is 16.0 Å².